The van der Waals surface area contributed by atoms with Crippen molar-refractivity contribution in [1.82, 2.24) is 15.1 Å². The molecular weight excluding hydrogens is 620 g/mol. The first-order valence-corrected chi connectivity index (χ1v) is 18.1. The average Bonchev–Trinajstić information content (AvgIpc) is 3.45. The van der Waals surface area contributed by atoms with Gasteiger partial charge < -0.3 is 15.3 Å². The largest absolute Gasteiger partial charge is 0.395 e. The quantitative estimate of drug-likeness (QED) is 0.183. The number of hydrogen-bond donors (Lipinski definition) is 2. The second-order valence-electron chi connectivity index (χ2n) is 13.5. The molecule has 50 heavy (non-hydrogen) atoms. The summed E-state index contributed by atoms with van der Waals surface area (Å²) in [6.07, 6.45) is 7.50. The van der Waals surface area contributed by atoms with Gasteiger partial charge in [-0.25, -0.2) is 0 Å². The molecule has 0 radical (unpaired) electrons. The van der Waals surface area contributed by atoms with Gasteiger partial charge in [0.2, 0.25) is 5.91 Å². The Bertz CT molecular complexity index is 1830. The molecule has 7 nitrogen and oxygen atoms in total. The van der Waals surface area contributed by atoms with Gasteiger partial charge >= 0.3 is 0 Å². The highest BCUT2D eigenvalue weighted by Crippen LogP contribution is 2.46. The lowest BCUT2D eigenvalue weighted by Crippen LogP contribution is -2.46. The number of rotatable bonds is 10. The number of β-amino-alcohol motifs (C(OH)–C–C–N with tert-alkyl or cyclic N) is 1. The third-order valence-electron chi connectivity index (χ3n) is 10.3. The molecule has 1 atom stereocenters. The zero-order chi connectivity index (χ0) is 34.3. The number of hydrogen-bond acceptors (Lipinski definition) is 5. The van der Waals surface area contributed by atoms with E-state index in [1.54, 1.807) is 4.90 Å². The summed E-state index contributed by atoms with van der Waals surface area (Å²) in [5, 5.41) is 12.9. The second-order valence-corrected chi connectivity index (χ2v) is 13.5. The molecule has 1 saturated carbocycles. The number of carbonyl (C=O) groups excluding carboxylic acids is 2. The number of nitrogens with zero attached hydrogens (tertiary/aromatic N) is 3. The number of carbonyl (C=O) groups is 2. The highest BCUT2D eigenvalue weighted by atomic mass is 16.3. The van der Waals surface area contributed by atoms with Gasteiger partial charge in [-0.15, -0.1) is 0 Å². The maximum atomic E-state index is 15.2. The maximum Gasteiger partial charge on any atom is 0.260 e. The summed E-state index contributed by atoms with van der Waals surface area (Å²) in [6, 6.07) is 37.4. The predicted molar refractivity (Wildman–Crippen MR) is 201 cm³/mol. The molecule has 4 aromatic rings. The fourth-order valence-electron chi connectivity index (χ4n) is 7.71. The predicted octanol–water partition coefficient (Wildman–Crippen LogP) is 6.79. The molecule has 2 N–H and O–H groups in total. The molecule has 0 spiro atoms. The molecule has 2 fully saturated rings. The molecular formula is C43H46N4O3. The standard InChI is InChI=1S/C43H46N4O3/c48-30-29-45-25-27-46(28-26-45)39(33-17-7-2-8-18-33)31-37(32-15-5-1-6-16-32)40-36-23-13-14-24-38(36)47(43(40)50)41(34-19-9-3-10-20-34)42(49)44-35-21-11-4-12-22-35/h1-3,5-10,13-20,23-24,31,35,41,48H,4,11-12,21-22,25-30H2,(H,44,49)/b39-31+,40-37+. The number of fused-ring (bicyclic) bond motifs is 1. The summed E-state index contributed by atoms with van der Waals surface area (Å²) in [4.78, 5) is 36.0. The Balaban J connectivity index is 1.38. The highest BCUT2D eigenvalue weighted by Gasteiger charge is 2.42. The summed E-state index contributed by atoms with van der Waals surface area (Å²) in [5.41, 5.74) is 6.79. The van der Waals surface area contributed by atoms with Gasteiger partial charge in [0, 0.05) is 50.0 Å². The van der Waals surface area contributed by atoms with Crippen molar-refractivity contribution < 1.29 is 14.7 Å². The van der Waals surface area contributed by atoms with E-state index in [-0.39, 0.29) is 24.5 Å². The van der Waals surface area contributed by atoms with E-state index in [0.29, 0.717) is 12.1 Å². The minimum absolute atomic E-state index is 0.111. The molecule has 2 heterocycles. The number of para-hydroxylation sites is 1. The van der Waals surface area contributed by atoms with Crippen LogP contribution in [0.4, 0.5) is 5.69 Å². The van der Waals surface area contributed by atoms with Crippen LogP contribution in [-0.4, -0.2) is 72.1 Å². The summed E-state index contributed by atoms with van der Waals surface area (Å²) >= 11 is 0. The molecule has 2 amide bonds. The molecule has 256 valence electrons. The van der Waals surface area contributed by atoms with Gasteiger partial charge in [-0.2, -0.15) is 0 Å². The highest BCUT2D eigenvalue weighted by molar-refractivity contribution is 6.39. The Morgan fingerprint density at radius 3 is 2.02 bits per heavy atom. The number of anilines is 1. The van der Waals surface area contributed by atoms with Crippen molar-refractivity contribution in [2.75, 3.05) is 44.2 Å². The lowest BCUT2D eigenvalue weighted by molar-refractivity contribution is -0.125. The van der Waals surface area contributed by atoms with E-state index in [4.69, 9.17) is 0 Å². The van der Waals surface area contributed by atoms with Crippen LogP contribution < -0.4 is 10.2 Å². The van der Waals surface area contributed by atoms with Gasteiger partial charge in [-0.05, 0) is 47.2 Å². The van der Waals surface area contributed by atoms with E-state index < -0.39 is 6.04 Å². The molecule has 0 aromatic heterocycles. The van der Waals surface area contributed by atoms with E-state index in [2.05, 4.69) is 45.5 Å². The van der Waals surface area contributed by atoms with Crippen molar-refractivity contribution in [3.05, 3.63) is 144 Å². The zero-order valence-corrected chi connectivity index (χ0v) is 28.6. The van der Waals surface area contributed by atoms with Crippen molar-refractivity contribution in [3.63, 3.8) is 0 Å². The van der Waals surface area contributed by atoms with Gasteiger partial charge in [0.25, 0.3) is 5.91 Å². The minimum Gasteiger partial charge on any atom is -0.395 e. The Morgan fingerprint density at radius 2 is 1.36 bits per heavy atom. The summed E-state index contributed by atoms with van der Waals surface area (Å²) < 4.78 is 0. The van der Waals surface area contributed by atoms with Crippen molar-refractivity contribution in [2.45, 2.75) is 44.2 Å². The molecule has 1 saturated heterocycles. The van der Waals surface area contributed by atoms with Gasteiger partial charge in [-0.1, -0.05) is 128 Å². The Hall–Kier alpha value is -4.98. The third-order valence-corrected chi connectivity index (χ3v) is 10.3. The zero-order valence-electron chi connectivity index (χ0n) is 28.6. The Kier molecular flexibility index (Phi) is 10.5. The number of aliphatic hydroxyl groups is 1. The van der Waals surface area contributed by atoms with Gasteiger partial charge in [0.1, 0.15) is 6.04 Å². The van der Waals surface area contributed by atoms with Crippen LogP contribution in [0, 0.1) is 0 Å². The smallest absolute Gasteiger partial charge is 0.260 e. The Labute approximate surface area is 295 Å². The van der Waals surface area contributed by atoms with Crippen LogP contribution in [0.1, 0.15) is 60.4 Å². The maximum absolute atomic E-state index is 15.2. The van der Waals surface area contributed by atoms with Crippen LogP contribution in [0.2, 0.25) is 0 Å². The number of nitrogens with one attached hydrogen (secondary N) is 1. The SMILES string of the molecule is O=C(NC1CCCCC1)C(c1ccccc1)N1C(=O)/C(=C(\C=C(/c2ccccc2)N2CCN(CCO)CC2)c2ccccc2)c2ccccc21. The fourth-order valence-corrected chi connectivity index (χ4v) is 7.71. The first kappa shape index (κ1) is 33.5. The Morgan fingerprint density at radius 1 is 0.760 bits per heavy atom. The number of benzene rings is 4. The average molecular weight is 667 g/mol. The van der Waals surface area contributed by atoms with Crippen LogP contribution in [-0.2, 0) is 9.59 Å². The van der Waals surface area contributed by atoms with E-state index in [1.165, 1.54) is 6.42 Å². The summed E-state index contributed by atoms with van der Waals surface area (Å²) in [7, 11) is 0. The molecule has 7 heteroatoms. The lowest BCUT2D eigenvalue weighted by Gasteiger charge is -2.37. The number of allylic oxidation sites excluding steroid dienone is 2. The summed E-state index contributed by atoms with van der Waals surface area (Å²) in [5.74, 6) is -0.329. The van der Waals surface area contributed by atoms with E-state index in [0.717, 1.165) is 91.1 Å². The van der Waals surface area contributed by atoms with Crippen LogP contribution in [0.3, 0.4) is 0 Å². The summed E-state index contributed by atoms with van der Waals surface area (Å²) in [6.45, 7) is 4.08. The molecule has 4 aromatic carbocycles. The van der Waals surface area contributed by atoms with Crippen molar-refractivity contribution in [2.24, 2.45) is 0 Å². The van der Waals surface area contributed by atoms with Crippen LogP contribution in [0.25, 0.3) is 16.8 Å². The van der Waals surface area contributed by atoms with Crippen molar-refractivity contribution in [3.8, 4) is 0 Å². The molecule has 1 aliphatic carbocycles. The van der Waals surface area contributed by atoms with Crippen LogP contribution in [0.15, 0.2) is 121 Å². The van der Waals surface area contributed by atoms with E-state index >= 15 is 4.79 Å². The third kappa shape index (κ3) is 7.16. The first-order valence-electron chi connectivity index (χ1n) is 18.1. The van der Waals surface area contributed by atoms with Crippen molar-refractivity contribution in [1.29, 1.82) is 0 Å². The van der Waals surface area contributed by atoms with Crippen molar-refractivity contribution >= 4 is 34.3 Å². The van der Waals surface area contributed by atoms with Gasteiger partial charge in [-0.3, -0.25) is 19.4 Å². The second kappa shape index (κ2) is 15.7. The number of amides is 2. The minimum atomic E-state index is -0.821. The van der Waals surface area contributed by atoms with E-state index in [1.807, 2.05) is 91.0 Å². The molecule has 0 bridgehead atoms. The lowest BCUT2D eigenvalue weighted by atomic mass is 9.93. The number of aliphatic hydroxyl groups excluding tert-OH is 1. The van der Waals surface area contributed by atoms with Gasteiger partial charge in [0.15, 0.2) is 0 Å². The fraction of sp³-hybridized carbons (Fsp3) is 0.302. The topological polar surface area (TPSA) is 76.1 Å². The van der Waals surface area contributed by atoms with Crippen LogP contribution in [0.5, 0.6) is 0 Å². The normalized spacial score (nSPS) is 18.9. The van der Waals surface area contributed by atoms with Crippen LogP contribution >= 0.6 is 0 Å². The molecule has 2 aliphatic heterocycles. The number of piperazine rings is 1. The molecule has 1 unspecified atom stereocenters. The molecule has 3 aliphatic rings. The first-order chi connectivity index (χ1) is 24.6. The molecule has 7 rings (SSSR count). The monoisotopic (exact) mass is 666 g/mol. The van der Waals surface area contributed by atoms with E-state index in [9.17, 15) is 9.90 Å². The van der Waals surface area contributed by atoms with Gasteiger partial charge in [0.05, 0.1) is 17.9 Å².